The molecule has 2 nitrogen and oxygen atoms in total. The van der Waals surface area contributed by atoms with Gasteiger partial charge >= 0.3 is 6.18 Å². The third kappa shape index (κ3) is 3.40. The first-order chi connectivity index (χ1) is 6.53. The van der Waals surface area contributed by atoms with E-state index >= 15 is 0 Å². The van der Waals surface area contributed by atoms with Crippen LogP contribution in [-0.2, 0) is 13.0 Å². The van der Waals surface area contributed by atoms with Crippen LogP contribution in [-0.4, -0.2) is 15.7 Å². The molecule has 0 spiro atoms. The fourth-order valence-corrected chi connectivity index (χ4v) is 1.24. The van der Waals surface area contributed by atoms with Crippen LogP contribution >= 0.6 is 0 Å². The normalized spacial score (nSPS) is 12.0. The summed E-state index contributed by atoms with van der Waals surface area (Å²) in [7, 11) is 0. The molecular formula is C9H13F3N2. The van der Waals surface area contributed by atoms with Crippen molar-refractivity contribution in [3.05, 3.63) is 18.2 Å². The largest absolute Gasteiger partial charge is 0.390 e. The van der Waals surface area contributed by atoms with E-state index in [2.05, 4.69) is 4.98 Å². The predicted octanol–water partition coefficient (Wildman–Crippen LogP) is 2.79. The van der Waals surface area contributed by atoms with E-state index in [1.165, 1.54) is 0 Å². The van der Waals surface area contributed by atoms with Crippen LogP contribution in [0, 0.1) is 0 Å². The molecule has 1 aromatic heterocycles. The van der Waals surface area contributed by atoms with E-state index in [0.29, 0.717) is 0 Å². The Hall–Kier alpha value is -1.00. The predicted molar refractivity (Wildman–Crippen MR) is 46.9 cm³/mol. The standard InChI is InChI=1S/C9H13F3N2/c1-2-3-8-13-5-7-14(8)6-4-9(10,11)12/h5,7H,2-4,6H2,1H3. The molecular weight excluding hydrogens is 193 g/mol. The highest BCUT2D eigenvalue weighted by atomic mass is 19.4. The van der Waals surface area contributed by atoms with Gasteiger partial charge in [0, 0.05) is 25.4 Å². The minimum absolute atomic E-state index is 0.0289. The third-order valence-electron chi connectivity index (χ3n) is 1.91. The van der Waals surface area contributed by atoms with Crippen LogP contribution in [0.1, 0.15) is 25.6 Å². The summed E-state index contributed by atoms with van der Waals surface area (Å²) in [6.45, 7) is 1.95. The van der Waals surface area contributed by atoms with Crippen molar-refractivity contribution in [3.8, 4) is 0 Å². The molecule has 0 saturated carbocycles. The molecule has 0 unspecified atom stereocenters. The second-order valence-corrected chi connectivity index (χ2v) is 3.15. The summed E-state index contributed by atoms with van der Waals surface area (Å²) in [4.78, 5) is 4.00. The maximum atomic E-state index is 11.9. The SMILES string of the molecule is CCCc1nccn1CCC(F)(F)F. The maximum Gasteiger partial charge on any atom is 0.390 e. The Labute approximate surface area is 80.8 Å². The van der Waals surface area contributed by atoms with Gasteiger partial charge in [-0.25, -0.2) is 4.98 Å². The van der Waals surface area contributed by atoms with Gasteiger partial charge in [-0.2, -0.15) is 13.2 Å². The highest BCUT2D eigenvalue weighted by Crippen LogP contribution is 2.20. The van der Waals surface area contributed by atoms with Crippen molar-refractivity contribution < 1.29 is 13.2 Å². The van der Waals surface area contributed by atoms with Gasteiger partial charge in [0.15, 0.2) is 0 Å². The zero-order valence-electron chi connectivity index (χ0n) is 8.01. The molecule has 1 aromatic rings. The van der Waals surface area contributed by atoms with Crippen LogP contribution in [0.2, 0.25) is 0 Å². The summed E-state index contributed by atoms with van der Waals surface area (Å²) < 4.78 is 37.4. The summed E-state index contributed by atoms with van der Waals surface area (Å²) >= 11 is 0. The second-order valence-electron chi connectivity index (χ2n) is 3.15. The first-order valence-electron chi connectivity index (χ1n) is 4.59. The average molecular weight is 206 g/mol. The Bertz CT molecular complexity index is 278. The number of rotatable bonds is 4. The zero-order valence-corrected chi connectivity index (χ0v) is 8.01. The first-order valence-corrected chi connectivity index (χ1v) is 4.59. The van der Waals surface area contributed by atoms with E-state index in [0.717, 1.165) is 18.7 Å². The van der Waals surface area contributed by atoms with Crippen LogP contribution in [0.3, 0.4) is 0 Å². The lowest BCUT2D eigenvalue weighted by atomic mass is 10.3. The molecule has 14 heavy (non-hydrogen) atoms. The zero-order chi connectivity index (χ0) is 10.6. The fourth-order valence-electron chi connectivity index (χ4n) is 1.24. The van der Waals surface area contributed by atoms with Gasteiger partial charge < -0.3 is 4.57 Å². The van der Waals surface area contributed by atoms with Crippen molar-refractivity contribution >= 4 is 0 Å². The molecule has 0 atom stereocenters. The Balaban J connectivity index is 2.53. The van der Waals surface area contributed by atoms with Gasteiger partial charge in [-0.1, -0.05) is 6.92 Å². The Morgan fingerprint density at radius 2 is 2.14 bits per heavy atom. The summed E-state index contributed by atoms with van der Waals surface area (Å²) in [5.74, 6) is 0.733. The number of aryl methyl sites for hydroxylation is 2. The van der Waals surface area contributed by atoms with Crippen LogP contribution in [0.15, 0.2) is 12.4 Å². The van der Waals surface area contributed by atoms with E-state index in [-0.39, 0.29) is 6.54 Å². The Morgan fingerprint density at radius 3 is 2.71 bits per heavy atom. The lowest BCUT2D eigenvalue weighted by Crippen LogP contribution is -2.13. The minimum Gasteiger partial charge on any atom is -0.335 e. The number of imidazole rings is 1. The number of halogens is 3. The van der Waals surface area contributed by atoms with Crippen LogP contribution in [0.5, 0.6) is 0 Å². The van der Waals surface area contributed by atoms with Crippen molar-refractivity contribution in [1.82, 2.24) is 9.55 Å². The fraction of sp³-hybridized carbons (Fsp3) is 0.667. The summed E-state index contributed by atoms with van der Waals surface area (Å²) in [5, 5.41) is 0. The van der Waals surface area contributed by atoms with Crippen LogP contribution in [0.4, 0.5) is 13.2 Å². The van der Waals surface area contributed by atoms with E-state index in [4.69, 9.17) is 0 Å². The quantitative estimate of drug-likeness (QED) is 0.740. The average Bonchev–Trinajstić information content (AvgIpc) is 2.48. The molecule has 0 saturated heterocycles. The molecule has 0 radical (unpaired) electrons. The van der Waals surface area contributed by atoms with Gasteiger partial charge in [0.2, 0.25) is 0 Å². The van der Waals surface area contributed by atoms with E-state index in [1.54, 1.807) is 17.0 Å². The van der Waals surface area contributed by atoms with Crippen LogP contribution in [0.25, 0.3) is 0 Å². The lowest BCUT2D eigenvalue weighted by molar-refractivity contribution is -0.136. The third-order valence-corrected chi connectivity index (χ3v) is 1.91. The number of aromatic nitrogens is 2. The molecule has 1 rings (SSSR count). The highest BCUT2D eigenvalue weighted by molar-refractivity contribution is 4.92. The molecule has 0 aliphatic heterocycles. The highest BCUT2D eigenvalue weighted by Gasteiger charge is 2.26. The van der Waals surface area contributed by atoms with Gasteiger partial charge in [0.1, 0.15) is 5.82 Å². The maximum absolute atomic E-state index is 11.9. The molecule has 80 valence electrons. The van der Waals surface area contributed by atoms with Crippen LogP contribution < -0.4 is 0 Å². The number of hydrogen-bond acceptors (Lipinski definition) is 1. The van der Waals surface area contributed by atoms with Crippen molar-refractivity contribution in [1.29, 1.82) is 0 Å². The molecule has 0 bridgehead atoms. The van der Waals surface area contributed by atoms with Crippen molar-refractivity contribution in [2.75, 3.05) is 0 Å². The van der Waals surface area contributed by atoms with Crippen molar-refractivity contribution in [3.63, 3.8) is 0 Å². The molecule has 0 N–H and O–H groups in total. The summed E-state index contributed by atoms with van der Waals surface area (Å²) in [6, 6.07) is 0. The molecule has 0 aromatic carbocycles. The van der Waals surface area contributed by atoms with E-state index in [9.17, 15) is 13.2 Å². The second kappa shape index (κ2) is 4.48. The molecule has 5 heteroatoms. The number of nitrogens with zero attached hydrogens (tertiary/aromatic N) is 2. The van der Waals surface area contributed by atoms with Crippen molar-refractivity contribution in [2.45, 2.75) is 38.9 Å². The van der Waals surface area contributed by atoms with Gasteiger partial charge in [-0.15, -0.1) is 0 Å². The smallest absolute Gasteiger partial charge is 0.335 e. The van der Waals surface area contributed by atoms with E-state index in [1.807, 2.05) is 6.92 Å². The summed E-state index contributed by atoms with van der Waals surface area (Å²) in [5.41, 5.74) is 0. The Kier molecular flexibility index (Phi) is 3.55. The number of hydrogen-bond donors (Lipinski definition) is 0. The molecule has 0 fully saturated rings. The molecule has 0 aliphatic carbocycles. The summed E-state index contributed by atoms with van der Waals surface area (Å²) in [6.07, 6.45) is -0.125. The minimum atomic E-state index is -4.09. The van der Waals surface area contributed by atoms with Crippen molar-refractivity contribution in [2.24, 2.45) is 0 Å². The molecule has 0 amide bonds. The van der Waals surface area contributed by atoms with Gasteiger partial charge in [-0.3, -0.25) is 0 Å². The number of alkyl halides is 3. The molecule has 1 heterocycles. The first kappa shape index (κ1) is 11.1. The van der Waals surface area contributed by atoms with Gasteiger partial charge in [0.25, 0.3) is 0 Å². The lowest BCUT2D eigenvalue weighted by Gasteiger charge is -2.09. The van der Waals surface area contributed by atoms with Gasteiger partial charge in [-0.05, 0) is 6.42 Å². The molecule has 0 aliphatic rings. The van der Waals surface area contributed by atoms with Gasteiger partial charge in [0.05, 0.1) is 6.42 Å². The van der Waals surface area contributed by atoms with E-state index < -0.39 is 12.6 Å². The topological polar surface area (TPSA) is 17.8 Å². The Morgan fingerprint density at radius 1 is 1.43 bits per heavy atom. The monoisotopic (exact) mass is 206 g/mol.